The number of para-hydroxylation sites is 1. The minimum absolute atomic E-state index is 0.0176. The number of benzene rings is 4. The van der Waals surface area contributed by atoms with Crippen molar-refractivity contribution in [3.8, 4) is 0 Å². The molecule has 0 spiro atoms. The smallest absolute Gasteiger partial charge is 0.192 e. The maximum absolute atomic E-state index is 12.3. The Hall–Kier alpha value is -3.91. The third-order valence-corrected chi connectivity index (χ3v) is 5.74. The van der Waals surface area contributed by atoms with E-state index in [0.717, 1.165) is 5.76 Å². The summed E-state index contributed by atoms with van der Waals surface area (Å²) in [6.07, 6.45) is 2.16. The van der Waals surface area contributed by atoms with Crippen LogP contribution in [-0.4, -0.2) is 0 Å². The largest absolute Gasteiger partial charge is 0.460 e. The van der Waals surface area contributed by atoms with Crippen molar-refractivity contribution >= 4 is 27.8 Å². The molecular weight excluding hydrogens is 380 g/mol. The summed E-state index contributed by atoms with van der Waals surface area (Å²) in [5, 5.41) is 3.25. The number of hydrogen-bond donors (Lipinski definition) is 0. The van der Waals surface area contributed by atoms with Crippen molar-refractivity contribution in [2.45, 2.75) is 12.8 Å². The van der Waals surface area contributed by atoms with E-state index in [2.05, 4.69) is 73.7 Å². The zero-order valence-corrected chi connectivity index (χ0v) is 17.3. The van der Waals surface area contributed by atoms with Crippen LogP contribution in [0.4, 0.5) is 0 Å². The number of allylic oxidation sites excluding steroid dienone is 1. The Bertz CT molecular complexity index is 1410. The standard InChI is InChI=1S/C19H14O2.C10H8/c1-12-10-13-6-2-3-7-14(13)19(12)18-11-16(20)15-8-4-5-9-17(15)21-18;1-2-6-10-8-4-3-7-9(10)5-1/h2-11,19H,1H3;1-8H. The molecule has 0 N–H and O–H groups in total. The third kappa shape index (κ3) is 3.69. The van der Waals surface area contributed by atoms with Crippen molar-refractivity contribution < 1.29 is 4.42 Å². The molecule has 0 aliphatic heterocycles. The van der Waals surface area contributed by atoms with Gasteiger partial charge in [0.05, 0.1) is 11.3 Å². The van der Waals surface area contributed by atoms with E-state index in [1.54, 1.807) is 12.1 Å². The molecule has 0 fully saturated rings. The molecule has 1 atom stereocenters. The van der Waals surface area contributed by atoms with Gasteiger partial charge in [-0.1, -0.05) is 96.6 Å². The fraction of sp³-hybridized carbons (Fsp3) is 0.0690. The van der Waals surface area contributed by atoms with E-state index in [4.69, 9.17) is 4.42 Å². The Labute approximate surface area is 181 Å². The molecule has 2 heteroatoms. The zero-order valence-electron chi connectivity index (χ0n) is 17.3. The quantitative estimate of drug-likeness (QED) is 0.297. The van der Waals surface area contributed by atoms with Crippen LogP contribution in [0.3, 0.4) is 0 Å². The van der Waals surface area contributed by atoms with E-state index in [-0.39, 0.29) is 11.3 Å². The minimum atomic E-state index is 0.0176. The van der Waals surface area contributed by atoms with Crippen molar-refractivity contribution in [2.24, 2.45) is 0 Å². The molecule has 0 radical (unpaired) electrons. The van der Waals surface area contributed by atoms with Crippen LogP contribution in [0, 0.1) is 0 Å². The molecule has 0 saturated heterocycles. The van der Waals surface area contributed by atoms with Gasteiger partial charge in [-0.05, 0) is 41.0 Å². The second-order valence-electron chi connectivity index (χ2n) is 7.81. The van der Waals surface area contributed by atoms with Gasteiger partial charge in [0.25, 0.3) is 0 Å². The van der Waals surface area contributed by atoms with Crippen LogP contribution < -0.4 is 5.43 Å². The molecule has 31 heavy (non-hydrogen) atoms. The molecule has 0 bridgehead atoms. The molecule has 150 valence electrons. The highest BCUT2D eigenvalue weighted by Crippen LogP contribution is 2.40. The summed E-state index contributed by atoms with van der Waals surface area (Å²) in [5.41, 5.74) is 4.28. The summed E-state index contributed by atoms with van der Waals surface area (Å²) in [7, 11) is 0. The van der Waals surface area contributed by atoms with E-state index in [1.165, 1.54) is 27.5 Å². The number of fused-ring (bicyclic) bond motifs is 3. The Morgan fingerprint density at radius 2 is 1.29 bits per heavy atom. The lowest BCUT2D eigenvalue weighted by Crippen LogP contribution is -2.06. The molecular formula is C29H22O2. The van der Waals surface area contributed by atoms with E-state index in [9.17, 15) is 4.79 Å². The van der Waals surface area contributed by atoms with E-state index < -0.39 is 0 Å². The van der Waals surface area contributed by atoms with Crippen LogP contribution in [0.15, 0.2) is 118 Å². The molecule has 0 amide bonds. The summed E-state index contributed by atoms with van der Waals surface area (Å²) < 4.78 is 6.01. The normalized spacial score (nSPS) is 14.6. The third-order valence-electron chi connectivity index (χ3n) is 5.74. The van der Waals surface area contributed by atoms with Crippen molar-refractivity contribution in [3.05, 3.63) is 136 Å². The SMILES string of the molecule is CC1=Cc2ccccc2C1c1cc(=O)c2ccccc2o1.c1ccc2ccccc2c1. The molecule has 0 saturated carbocycles. The van der Waals surface area contributed by atoms with Crippen LogP contribution in [0.25, 0.3) is 27.8 Å². The van der Waals surface area contributed by atoms with Crippen molar-refractivity contribution in [3.63, 3.8) is 0 Å². The maximum atomic E-state index is 12.3. The van der Waals surface area contributed by atoms with Gasteiger partial charge in [0.15, 0.2) is 5.43 Å². The average molecular weight is 402 g/mol. The van der Waals surface area contributed by atoms with E-state index in [0.29, 0.717) is 11.0 Å². The lowest BCUT2D eigenvalue weighted by atomic mass is 9.93. The van der Waals surface area contributed by atoms with E-state index in [1.807, 2.05) is 30.3 Å². The Kier molecular flexibility index (Phi) is 4.97. The van der Waals surface area contributed by atoms with Gasteiger partial charge in [-0.2, -0.15) is 0 Å². The molecule has 1 aliphatic rings. The Balaban J connectivity index is 0.000000171. The predicted octanol–water partition coefficient (Wildman–Crippen LogP) is 7.18. The number of rotatable bonds is 1. The average Bonchev–Trinajstić information content (AvgIpc) is 3.15. The van der Waals surface area contributed by atoms with Crippen LogP contribution in [0.1, 0.15) is 29.7 Å². The van der Waals surface area contributed by atoms with Gasteiger partial charge in [0.1, 0.15) is 11.3 Å². The summed E-state index contributed by atoms with van der Waals surface area (Å²) in [5.74, 6) is 0.760. The first-order chi connectivity index (χ1) is 15.2. The summed E-state index contributed by atoms with van der Waals surface area (Å²) >= 11 is 0. The fourth-order valence-electron chi connectivity index (χ4n) is 4.25. The van der Waals surface area contributed by atoms with Crippen LogP contribution >= 0.6 is 0 Å². The topological polar surface area (TPSA) is 30.2 Å². The minimum Gasteiger partial charge on any atom is -0.460 e. The zero-order chi connectivity index (χ0) is 21.2. The first-order valence-corrected chi connectivity index (χ1v) is 10.4. The van der Waals surface area contributed by atoms with Gasteiger partial charge >= 0.3 is 0 Å². The Morgan fingerprint density at radius 1 is 0.710 bits per heavy atom. The van der Waals surface area contributed by atoms with Crippen molar-refractivity contribution in [1.82, 2.24) is 0 Å². The fourth-order valence-corrected chi connectivity index (χ4v) is 4.25. The number of hydrogen-bond acceptors (Lipinski definition) is 2. The van der Waals surface area contributed by atoms with Gasteiger partial charge in [-0.3, -0.25) is 4.79 Å². The molecule has 2 nitrogen and oxygen atoms in total. The van der Waals surface area contributed by atoms with Crippen molar-refractivity contribution in [2.75, 3.05) is 0 Å². The summed E-state index contributed by atoms with van der Waals surface area (Å²) in [6, 6.07) is 34.0. The molecule has 6 rings (SSSR count). The second-order valence-corrected chi connectivity index (χ2v) is 7.81. The highest BCUT2D eigenvalue weighted by atomic mass is 16.3. The van der Waals surface area contributed by atoms with E-state index >= 15 is 0 Å². The van der Waals surface area contributed by atoms with Gasteiger partial charge in [0.2, 0.25) is 0 Å². The lowest BCUT2D eigenvalue weighted by Gasteiger charge is -2.14. The monoisotopic (exact) mass is 402 g/mol. The van der Waals surface area contributed by atoms with Gasteiger partial charge < -0.3 is 4.42 Å². The van der Waals surface area contributed by atoms with Crippen molar-refractivity contribution in [1.29, 1.82) is 0 Å². The van der Waals surface area contributed by atoms with Crippen LogP contribution in [-0.2, 0) is 0 Å². The predicted molar refractivity (Wildman–Crippen MR) is 128 cm³/mol. The second kappa shape index (κ2) is 8.08. The van der Waals surface area contributed by atoms with Crippen LogP contribution in [0.2, 0.25) is 0 Å². The molecule has 1 heterocycles. The van der Waals surface area contributed by atoms with Gasteiger partial charge in [-0.25, -0.2) is 0 Å². The maximum Gasteiger partial charge on any atom is 0.192 e. The van der Waals surface area contributed by atoms with Gasteiger partial charge in [-0.15, -0.1) is 0 Å². The Morgan fingerprint density at radius 3 is 2.00 bits per heavy atom. The molecule has 4 aromatic carbocycles. The van der Waals surface area contributed by atoms with Crippen LogP contribution in [0.5, 0.6) is 0 Å². The first-order valence-electron chi connectivity index (χ1n) is 10.4. The lowest BCUT2D eigenvalue weighted by molar-refractivity contribution is 0.528. The molecule has 5 aromatic rings. The molecule has 1 aromatic heterocycles. The summed E-state index contributed by atoms with van der Waals surface area (Å²) in [6.45, 7) is 2.08. The molecule has 1 aliphatic carbocycles. The van der Waals surface area contributed by atoms with Gasteiger partial charge in [0, 0.05) is 6.07 Å². The molecule has 1 unspecified atom stereocenters. The first kappa shape index (κ1) is 19.1. The highest BCUT2D eigenvalue weighted by molar-refractivity contribution is 5.82. The highest BCUT2D eigenvalue weighted by Gasteiger charge is 2.26. The summed E-state index contributed by atoms with van der Waals surface area (Å²) in [4.78, 5) is 12.3.